The fourth-order valence-electron chi connectivity index (χ4n) is 3.39. The Morgan fingerprint density at radius 3 is 2.35 bits per heavy atom. The number of carbonyl (C=O) groups excluding carboxylic acids is 2. The molecule has 0 aromatic rings. The highest BCUT2D eigenvalue weighted by molar-refractivity contribution is 6.00. The van der Waals surface area contributed by atoms with Gasteiger partial charge in [0, 0.05) is 6.04 Å². The van der Waals surface area contributed by atoms with E-state index in [2.05, 4.69) is 33.0 Å². The number of amides is 2. The summed E-state index contributed by atoms with van der Waals surface area (Å²) < 4.78 is 0. The molecule has 1 aliphatic heterocycles. The molecule has 1 saturated heterocycles. The van der Waals surface area contributed by atoms with E-state index in [1.54, 1.807) is 0 Å². The average Bonchev–Trinajstić information content (AvgIpc) is 3.19. The van der Waals surface area contributed by atoms with Gasteiger partial charge in [0.25, 0.3) is 0 Å². The Morgan fingerprint density at radius 1 is 1.30 bits per heavy atom. The van der Waals surface area contributed by atoms with Gasteiger partial charge in [0.05, 0.1) is 0 Å². The first kappa shape index (κ1) is 15.3. The molecule has 3 atom stereocenters. The van der Waals surface area contributed by atoms with E-state index in [1.807, 2.05) is 11.8 Å². The lowest BCUT2D eigenvalue weighted by Crippen LogP contribution is -2.72. The van der Waals surface area contributed by atoms with E-state index in [9.17, 15) is 9.59 Å². The zero-order chi connectivity index (χ0) is 15.1. The quantitative estimate of drug-likeness (QED) is 0.840. The summed E-state index contributed by atoms with van der Waals surface area (Å²) >= 11 is 0. The van der Waals surface area contributed by atoms with Crippen LogP contribution in [0.3, 0.4) is 0 Å². The third-order valence-electron chi connectivity index (χ3n) is 4.91. The Balaban J connectivity index is 2.31. The smallest absolute Gasteiger partial charge is 0.246 e. The molecular weight excluding hydrogens is 252 g/mol. The highest BCUT2D eigenvalue weighted by Gasteiger charge is 2.57. The third-order valence-corrected chi connectivity index (χ3v) is 4.91. The topological polar surface area (TPSA) is 49.4 Å². The molecule has 0 spiro atoms. The Labute approximate surface area is 122 Å². The van der Waals surface area contributed by atoms with Crippen LogP contribution in [-0.2, 0) is 9.59 Å². The molecule has 1 saturated carbocycles. The molecule has 20 heavy (non-hydrogen) atoms. The molecule has 2 fully saturated rings. The molecule has 2 aliphatic rings. The van der Waals surface area contributed by atoms with Gasteiger partial charge in [0.1, 0.15) is 11.6 Å². The first-order valence-corrected chi connectivity index (χ1v) is 7.96. The van der Waals surface area contributed by atoms with Crippen LogP contribution in [0.1, 0.15) is 60.3 Å². The fourth-order valence-corrected chi connectivity index (χ4v) is 3.39. The number of piperazine rings is 1. The van der Waals surface area contributed by atoms with Crippen LogP contribution in [0.15, 0.2) is 0 Å². The van der Waals surface area contributed by atoms with Crippen LogP contribution in [-0.4, -0.2) is 34.3 Å². The van der Waals surface area contributed by atoms with Crippen molar-refractivity contribution < 1.29 is 9.59 Å². The molecule has 2 rings (SSSR count). The fraction of sp³-hybridized carbons (Fsp3) is 0.875. The van der Waals surface area contributed by atoms with E-state index in [1.165, 1.54) is 0 Å². The van der Waals surface area contributed by atoms with Crippen LogP contribution in [0.5, 0.6) is 0 Å². The molecule has 2 amide bonds. The van der Waals surface area contributed by atoms with Crippen LogP contribution in [0.4, 0.5) is 0 Å². The first-order valence-electron chi connectivity index (χ1n) is 7.96. The SMILES string of the molecule is CCC(C)N1C(=O)C(CC(C)C)NC(=O)C1(C)C1CC1. The number of hydrogen-bond acceptors (Lipinski definition) is 2. The number of carbonyl (C=O) groups is 2. The van der Waals surface area contributed by atoms with Crippen LogP contribution in [0, 0.1) is 11.8 Å². The molecule has 0 bridgehead atoms. The molecule has 1 N–H and O–H groups in total. The van der Waals surface area contributed by atoms with Gasteiger partial charge < -0.3 is 10.2 Å². The molecule has 0 aromatic heterocycles. The molecule has 0 aromatic carbocycles. The van der Waals surface area contributed by atoms with Gasteiger partial charge in [-0.1, -0.05) is 20.8 Å². The van der Waals surface area contributed by atoms with E-state index >= 15 is 0 Å². The van der Waals surface area contributed by atoms with Gasteiger partial charge in [-0.15, -0.1) is 0 Å². The van der Waals surface area contributed by atoms with E-state index in [0.717, 1.165) is 25.7 Å². The maximum Gasteiger partial charge on any atom is 0.246 e. The Hall–Kier alpha value is -1.06. The van der Waals surface area contributed by atoms with Gasteiger partial charge in [0.15, 0.2) is 0 Å². The zero-order valence-corrected chi connectivity index (χ0v) is 13.4. The van der Waals surface area contributed by atoms with E-state index in [0.29, 0.717) is 11.8 Å². The number of nitrogens with zero attached hydrogens (tertiary/aromatic N) is 1. The number of rotatable bonds is 5. The van der Waals surface area contributed by atoms with Crippen molar-refractivity contribution in [1.82, 2.24) is 10.2 Å². The zero-order valence-electron chi connectivity index (χ0n) is 13.4. The first-order chi connectivity index (χ1) is 9.32. The maximum atomic E-state index is 12.9. The van der Waals surface area contributed by atoms with Crippen molar-refractivity contribution in [3.63, 3.8) is 0 Å². The summed E-state index contributed by atoms with van der Waals surface area (Å²) in [5, 5.41) is 2.99. The van der Waals surface area contributed by atoms with Crippen LogP contribution in [0.25, 0.3) is 0 Å². The lowest BCUT2D eigenvalue weighted by molar-refractivity contribution is -0.161. The van der Waals surface area contributed by atoms with Crippen molar-refractivity contribution in [2.24, 2.45) is 11.8 Å². The Morgan fingerprint density at radius 2 is 1.90 bits per heavy atom. The molecular formula is C16H28N2O2. The maximum absolute atomic E-state index is 12.9. The highest BCUT2D eigenvalue weighted by atomic mass is 16.2. The molecule has 3 unspecified atom stereocenters. The van der Waals surface area contributed by atoms with Crippen molar-refractivity contribution >= 4 is 11.8 Å². The second-order valence-electron chi connectivity index (χ2n) is 7.04. The van der Waals surface area contributed by atoms with Gasteiger partial charge in [-0.2, -0.15) is 0 Å². The summed E-state index contributed by atoms with van der Waals surface area (Å²) in [5.41, 5.74) is -0.639. The van der Waals surface area contributed by atoms with Crippen LogP contribution in [0.2, 0.25) is 0 Å². The normalized spacial score (nSPS) is 32.5. The van der Waals surface area contributed by atoms with Crippen LogP contribution >= 0.6 is 0 Å². The second-order valence-corrected chi connectivity index (χ2v) is 7.04. The van der Waals surface area contributed by atoms with Crippen molar-refractivity contribution in [2.75, 3.05) is 0 Å². The standard InChI is InChI=1S/C16H28N2O2/c1-6-11(4)18-14(19)13(9-10(2)3)17-15(20)16(18,5)12-7-8-12/h10-13H,6-9H2,1-5H3,(H,17,20). The second kappa shape index (κ2) is 5.38. The van der Waals surface area contributed by atoms with Crippen molar-refractivity contribution in [3.8, 4) is 0 Å². The summed E-state index contributed by atoms with van der Waals surface area (Å²) in [5.74, 6) is 0.890. The Bertz CT molecular complexity index is 403. The minimum Gasteiger partial charge on any atom is -0.342 e. The van der Waals surface area contributed by atoms with E-state index < -0.39 is 5.54 Å². The molecule has 4 nitrogen and oxygen atoms in total. The van der Waals surface area contributed by atoms with Gasteiger partial charge >= 0.3 is 0 Å². The lowest BCUT2D eigenvalue weighted by atomic mass is 9.85. The van der Waals surface area contributed by atoms with Gasteiger partial charge in [-0.25, -0.2) is 0 Å². The van der Waals surface area contributed by atoms with E-state index in [-0.39, 0.29) is 23.9 Å². The number of nitrogens with one attached hydrogen (secondary N) is 1. The van der Waals surface area contributed by atoms with Gasteiger partial charge in [-0.05, 0) is 51.4 Å². The number of hydrogen-bond donors (Lipinski definition) is 1. The minimum absolute atomic E-state index is 0.0468. The predicted octanol–water partition coefficient (Wildman–Crippen LogP) is 2.33. The van der Waals surface area contributed by atoms with E-state index in [4.69, 9.17) is 0 Å². The summed E-state index contributed by atoms with van der Waals surface area (Å²) in [6.07, 6.45) is 3.71. The third kappa shape index (κ3) is 2.45. The lowest BCUT2D eigenvalue weighted by Gasteiger charge is -2.49. The summed E-state index contributed by atoms with van der Waals surface area (Å²) in [7, 11) is 0. The van der Waals surface area contributed by atoms with Crippen molar-refractivity contribution in [3.05, 3.63) is 0 Å². The van der Waals surface area contributed by atoms with Crippen LogP contribution < -0.4 is 5.32 Å². The largest absolute Gasteiger partial charge is 0.342 e. The summed E-state index contributed by atoms with van der Waals surface area (Å²) in [6, 6.07) is -0.225. The monoisotopic (exact) mass is 280 g/mol. The minimum atomic E-state index is -0.639. The van der Waals surface area contributed by atoms with Crippen molar-refractivity contribution in [1.29, 1.82) is 0 Å². The summed E-state index contributed by atoms with van der Waals surface area (Å²) in [6.45, 7) is 10.3. The molecule has 1 aliphatic carbocycles. The summed E-state index contributed by atoms with van der Waals surface area (Å²) in [4.78, 5) is 27.4. The Kier molecular flexibility index (Phi) is 4.12. The average molecular weight is 280 g/mol. The van der Waals surface area contributed by atoms with Gasteiger partial charge in [-0.3, -0.25) is 9.59 Å². The highest BCUT2D eigenvalue weighted by Crippen LogP contribution is 2.46. The van der Waals surface area contributed by atoms with Gasteiger partial charge in [0.2, 0.25) is 11.8 Å². The molecule has 4 heteroatoms. The molecule has 1 heterocycles. The molecule has 0 radical (unpaired) electrons. The molecule has 114 valence electrons. The predicted molar refractivity (Wildman–Crippen MR) is 79.1 cm³/mol. The van der Waals surface area contributed by atoms with Crippen molar-refractivity contribution in [2.45, 2.75) is 77.9 Å².